The smallest absolute Gasteiger partial charge is 0.226 e. The molecule has 32 heavy (non-hydrogen) atoms. The number of carbonyl (C=O) groups excluding carboxylic acids is 2. The molecule has 2 heterocycles. The molecule has 5 fully saturated rings. The van der Waals surface area contributed by atoms with Crippen LogP contribution >= 0.6 is 11.3 Å². The number of likely N-dealkylation sites (tertiary alicyclic amines) is 1. The van der Waals surface area contributed by atoms with Gasteiger partial charge in [0.2, 0.25) is 11.8 Å². The lowest BCUT2D eigenvalue weighted by molar-refractivity contribution is -0.146. The summed E-state index contributed by atoms with van der Waals surface area (Å²) < 4.78 is 1.18. The third-order valence-corrected chi connectivity index (χ3v) is 9.70. The van der Waals surface area contributed by atoms with Crippen LogP contribution in [0.2, 0.25) is 0 Å². The van der Waals surface area contributed by atoms with Crippen molar-refractivity contribution in [1.29, 1.82) is 0 Å². The molecule has 4 aliphatic carbocycles. The highest BCUT2D eigenvalue weighted by Crippen LogP contribution is 2.60. The van der Waals surface area contributed by atoms with E-state index >= 15 is 0 Å². The minimum Gasteiger partial charge on any atom is -0.355 e. The molecular formula is C26H33N3O2S. The van der Waals surface area contributed by atoms with Gasteiger partial charge in [0.1, 0.15) is 5.01 Å². The average Bonchev–Trinajstić information content (AvgIpc) is 3.22. The first-order chi connectivity index (χ1) is 15.6. The number of hydrogen-bond donors (Lipinski definition) is 1. The van der Waals surface area contributed by atoms with Crippen LogP contribution in [0.25, 0.3) is 10.2 Å². The number of rotatable bonds is 5. The van der Waals surface area contributed by atoms with E-state index in [4.69, 9.17) is 4.98 Å². The van der Waals surface area contributed by atoms with Crippen LogP contribution in [0, 0.1) is 23.2 Å². The number of thiazole rings is 1. The lowest BCUT2D eigenvalue weighted by Crippen LogP contribution is -2.54. The number of nitrogens with zero attached hydrogens (tertiary/aromatic N) is 2. The zero-order valence-corrected chi connectivity index (χ0v) is 19.5. The van der Waals surface area contributed by atoms with E-state index in [0.29, 0.717) is 13.0 Å². The Bertz CT molecular complexity index is 963. The van der Waals surface area contributed by atoms with Crippen LogP contribution in [0.5, 0.6) is 0 Å². The second kappa shape index (κ2) is 8.12. The van der Waals surface area contributed by atoms with Crippen LogP contribution in [0.15, 0.2) is 24.3 Å². The molecule has 1 aliphatic heterocycles. The molecule has 1 unspecified atom stereocenters. The summed E-state index contributed by atoms with van der Waals surface area (Å²) in [6.07, 6.45) is 10.8. The minimum atomic E-state index is -0.132. The molecule has 2 aromatic rings. The van der Waals surface area contributed by atoms with Crippen molar-refractivity contribution in [2.45, 2.75) is 70.3 Å². The number of carbonyl (C=O) groups is 2. The summed E-state index contributed by atoms with van der Waals surface area (Å²) in [6, 6.07) is 8.28. The largest absolute Gasteiger partial charge is 0.355 e. The molecular weight excluding hydrogens is 418 g/mol. The molecule has 5 aliphatic rings. The highest BCUT2D eigenvalue weighted by Gasteiger charge is 2.54. The zero-order valence-electron chi connectivity index (χ0n) is 18.7. The summed E-state index contributed by atoms with van der Waals surface area (Å²) in [5.41, 5.74) is 0.889. The number of nitrogens with one attached hydrogen (secondary N) is 1. The van der Waals surface area contributed by atoms with Crippen LogP contribution in [0.4, 0.5) is 0 Å². The second-order valence-electron chi connectivity index (χ2n) is 10.8. The third kappa shape index (κ3) is 3.64. The number of amides is 2. The van der Waals surface area contributed by atoms with Crippen LogP contribution in [-0.2, 0) is 9.59 Å². The number of aromatic nitrogens is 1. The van der Waals surface area contributed by atoms with E-state index in [-0.39, 0.29) is 23.3 Å². The zero-order chi connectivity index (χ0) is 21.7. The fourth-order valence-corrected chi connectivity index (χ4v) is 8.64. The van der Waals surface area contributed by atoms with Gasteiger partial charge in [-0.2, -0.15) is 0 Å². The Balaban J connectivity index is 1.09. The third-order valence-electron chi connectivity index (χ3n) is 8.56. The van der Waals surface area contributed by atoms with E-state index in [1.807, 2.05) is 23.1 Å². The first-order valence-corrected chi connectivity index (χ1v) is 13.3. The van der Waals surface area contributed by atoms with Gasteiger partial charge < -0.3 is 10.2 Å². The number of hydrogen-bond acceptors (Lipinski definition) is 4. The van der Waals surface area contributed by atoms with Crippen molar-refractivity contribution in [2.75, 3.05) is 13.1 Å². The number of benzene rings is 1. The maximum absolute atomic E-state index is 13.2. The van der Waals surface area contributed by atoms with Crippen molar-refractivity contribution < 1.29 is 9.59 Å². The maximum atomic E-state index is 13.2. The summed E-state index contributed by atoms with van der Waals surface area (Å²) in [4.78, 5) is 33.2. The Kier molecular flexibility index (Phi) is 5.24. The molecule has 0 radical (unpaired) electrons. The molecule has 5 nitrogen and oxygen atoms in total. The molecule has 2 amide bonds. The van der Waals surface area contributed by atoms with E-state index in [1.54, 1.807) is 11.3 Å². The molecule has 0 spiro atoms. The van der Waals surface area contributed by atoms with E-state index in [0.717, 1.165) is 73.3 Å². The first kappa shape index (κ1) is 20.6. The quantitative estimate of drug-likeness (QED) is 0.690. The van der Waals surface area contributed by atoms with Gasteiger partial charge in [-0.1, -0.05) is 12.1 Å². The minimum absolute atomic E-state index is 0.0764. The molecule has 170 valence electrons. The van der Waals surface area contributed by atoms with Crippen molar-refractivity contribution in [2.24, 2.45) is 23.2 Å². The molecule has 7 rings (SSSR count). The van der Waals surface area contributed by atoms with E-state index in [2.05, 4.69) is 11.4 Å². The maximum Gasteiger partial charge on any atom is 0.226 e. The Morgan fingerprint density at radius 3 is 2.50 bits per heavy atom. The standard InChI is InChI=1S/C26H33N3O2S/c30-23(8-9-27-25(31)26-14-17-11-18(15-26)13-19(12-17)16-26)29-10-4-3-6-21(29)24-28-20-5-1-2-7-22(20)32-24/h1-2,5,7,17-19,21H,3-4,6,8-16H2,(H,27,31). The van der Waals surface area contributed by atoms with Gasteiger partial charge in [0.15, 0.2) is 0 Å². The molecule has 4 saturated carbocycles. The molecule has 1 saturated heterocycles. The fourth-order valence-electron chi connectivity index (χ4n) is 7.52. The van der Waals surface area contributed by atoms with Gasteiger partial charge in [-0.05, 0) is 87.7 Å². The van der Waals surface area contributed by atoms with E-state index in [1.165, 1.54) is 24.0 Å². The summed E-state index contributed by atoms with van der Waals surface area (Å²) in [5.74, 6) is 2.66. The molecule has 1 N–H and O–H groups in total. The number of para-hydroxylation sites is 1. The molecule has 1 aromatic heterocycles. The van der Waals surface area contributed by atoms with Gasteiger partial charge in [0.25, 0.3) is 0 Å². The Labute approximate surface area is 194 Å². The normalized spacial score (nSPS) is 33.6. The highest BCUT2D eigenvalue weighted by atomic mass is 32.1. The van der Waals surface area contributed by atoms with Gasteiger partial charge in [0, 0.05) is 24.9 Å². The van der Waals surface area contributed by atoms with Gasteiger partial charge in [-0.3, -0.25) is 9.59 Å². The Morgan fingerprint density at radius 2 is 1.78 bits per heavy atom. The van der Waals surface area contributed by atoms with E-state index in [9.17, 15) is 9.59 Å². The van der Waals surface area contributed by atoms with Crippen molar-refractivity contribution in [3.63, 3.8) is 0 Å². The number of fused-ring (bicyclic) bond motifs is 1. The van der Waals surface area contributed by atoms with Crippen LogP contribution in [-0.4, -0.2) is 34.8 Å². The van der Waals surface area contributed by atoms with Crippen molar-refractivity contribution >= 4 is 33.4 Å². The summed E-state index contributed by atoms with van der Waals surface area (Å²) >= 11 is 1.71. The fraction of sp³-hybridized carbons (Fsp3) is 0.654. The first-order valence-electron chi connectivity index (χ1n) is 12.5. The van der Waals surface area contributed by atoms with Crippen LogP contribution in [0.3, 0.4) is 0 Å². The topological polar surface area (TPSA) is 62.3 Å². The van der Waals surface area contributed by atoms with Gasteiger partial charge >= 0.3 is 0 Å². The van der Waals surface area contributed by atoms with Gasteiger partial charge in [-0.15, -0.1) is 11.3 Å². The summed E-state index contributed by atoms with van der Waals surface area (Å²) in [6.45, 7) is 1.25. The van der Waals surface area contributed by atoms with Crippen molar-refractivity contribution in [3.05, 3.63) is 29.3 Å². The molecule has 6 heteroatoms. The van der Waals surface area contributed by atoms with Crippen molar-refractivity contribution in [3.8, 4) is 0 Å². The SMILES string of the molecule is O=C(CCNC(=O)C12CC3CC(CC(C3)C1)C2)N1CCCCC1c1nc2ccccc2s1. The molecule has 1 atom stereocenters. The van der Waals surface area contributed by atoms with Crippen LogP contribution in [0.1, 0.15) is 75.3 Å². The molecule has 1 aromatic carbocycles. The van der Waals surface area contributed by atoms with Crippen molar-refractivity contribution in [1.82, 2.24) is 15.2 Å². The summed E-state index contributed by atoms with van der Waals surface area (Å²) in [5, 5.41) is 4.24. The van der Waals surface area contributed by atoms with Crippen LogP contribution < -0.4 is 5.32 Å². The molecule has 4 bridgehead atoms. The number of piperidine rings is 1. The van der Waals surface area contributed by atoms with E-state index < -0.39 is 0 Å². The second-order valence-corrected chi connectivity index (χ2v) is 11.9. The lowest BCUT2D eigenvalue weighted by atomic mass is 9.49. The van der Waals surface area contributed by atoms with Gasteiger partial charge in [0.05, 0.1) is 16.3 Å². The predicted molar refractivity (Wildman–Crippen MR) is 126 cm³/mol. The van der Waals surface area contributed by atoms with Gasteiger partial charge in [-0.25, -0.2) is 4.98 Å². The average molecular weight is 452 g/mol. The monoisotopic (exact) mass is 451 g/mol. The summed E-state index contributed by atoms with van der Waals surface area (Å²) in [7, 11) is 0. The Hall–Kier alpha value is -1.95. The predicted octanol–water partition coefficient (Wildman–Crippen LogP) is 5.07. The highest BCUT2D eigenvalue weighted by molar-refractivity contribution is 7.18. The Morgan fingerprint density at radius 1 is 1.06 bits per heavy atom. The lowest BCUT2D eigenvalue weighted by Gasteiger charge is -2.55.